The lowest BCUT2D eigenvalue weighted by Gasteiger charge is -2.18. The van der Waals surface area contributed by atoms with Crippen LogP contribution in [-0.2, 0) is 14.3 Å². The Morgan fingerprint density at radius 2 is 2.25 bits per heavy atom. The molecule has 0 aliphatic carbocycles. The summed E-state index contributed by atoms with van der Waals surface area (Å²) in [6.07, 6.45) is 1.75. The second-order valence-corrected chi connectivity index (χ2v) is 4.16. The van der Waals surface area contributed by atoms with E-state index in [1.165, 1.54) is 0 Å². The molecule has 1 fully saturated rings. The van der Waals surface area contributed by atoms with Crippen LogP contribution in [0.15, 0.2) is 0 Å². The van der Waals surface area contributed by atoms with E-state index < -0.39 is 12.0 Å². The van der Waals surface area contributed by atoms with Gasteiger partial charge in [-0.1, -0.05) is 13.3 Å². The van der Waals surface area contributed by atoms with E-state index in [0.29, 0.717) is 19.4 Å². The van der Waals surface area contributed by atoms with Gasteiger partial charge in [0.05, 0.1) is 12.0 Å². The van der Waals surface area contributed by atoms with Gasteiger partial charge >= 0.3 is 5.97 Å². The fourth-order valence-corrected chi connectivity index (χ4v) is 1.90. The molecular weight excluding hydrogens is 210 g/mol. The largest absolute Gasteiger partial charge is 0.480 e. The summed E-state index contributed by atoms with van der Waals surface area (Å²) in [7, 11) is 0. The zero-order valence-corrected chi connectivity index (χ0v) is 9.73. The number of hydrogen-bond acceptors (Lipinski definition) is 3. The molecule has 5 nitrogen and oxygen atoms in total. The molecule has 16 heavy (non-hydrogen) atoms. The predicted octanol–water partition coefficient (Wildman–Crippen LogP) is 0.781. The Morgan fingerprint density at radius 1 is 1.56 bits per heavy atom. The smallest absolute Gasteiger partial charge is 0.326 e. The number of rotatable bonds is 5. The lowest BCUT2D eigenvalue weighted by molar-refractivity contribution is -0.143. The van der Waals surface area contributed by atoms with Gasteiger partial charge in [0.25, 0.3) is 0 Å². The van der Waals surface area contributed by atoms with Crippen LogP contribution in [0.2, 0.25) is 0 Å². The number of amides is 1. The van der Waals surface area contributed by atoms with Crippen LogP contribution in [0.1, 0.15) is 33.1 Å². The number of carbonyl (C=O) groups is 2. The predicted molar refractivity (Wildman–Crippen MR) is 58.0 cm³/mol. The fourth-order valence-electron chi connectivity index (χ4n) is 1.90. The summed E-state index contributed by atoms with van der Waals surface area (Å²) in [5.41, 5.74) is 0. The first-order chi connectivity index (χ1) is 7.56. The van der Waals surface area contributed by atoms with E-state index in [1.807, 2.05) is 13.8 Å². The SMILES string of the molecule is CCC[C@H](NC(=O)C1CCOC1C)C(=O)O. The molecule has 1 aliphatic rings. The lowest BCUT2D eigenvalue weighted by atomic mass is 10.0. The molecule has 0 aromatic carbocycles. The van der Waals surface area contributed by atoms with Gasteiger partial charge in [-0.25, -0.2) is 4.79 Å². The first-order valence-electron chi connectivity index (χ1n) is 5.71. The summed E-state index contributed by atoms with van der Waals surface area (Å²) < 4.78 is 5.28. The van der Waals surface area contributed by atoms with Crippen molar-refractivity contribution in [2.75, 3.05) is 6.61 Å². The molecule has 1 rings (SSSR count). The molecule has 1 saturated heterocycles. The molecule has 0 aromatic heterocycles. The third-order valence-corrected chi connectivity index (χ3v) is 2.90. The van der Waals surface area contributed by atoms with Crippen molar-refractivity contribution < 1.29 is 19.4 Å². The maximum absolute atomic E-state index is 11.8. The summed E-state index contributed by atoms with van der Waals surface area (Å²) in [6, 6.07) is -0.773. The number of aliphatic carboxylic acids is 1. The van der Waals surface area contributed by atoms with Crippen LogP contribution in [0.5, 0.6) is 0 Å². The van der Waals surface area contributed by atoms with Crippen LogP contribution >= 0.6 is 0 Å². The average molecular weight is 229 g/mol. The van der Waals surface area contributed by atoms with Crippen LogP contribution in [-0.4, -0.2) is 35.7 Å². The summed E-state index contributed by atoms with van der Waals surface area (Å²) in [6.45, 7) is 4.31. The third-order valence-electron chi connectivity index (χ3n) is 2.90. The number of hydrogen-bond donors (Lipinski definition) is 2. The molecule has 2 unspecified atom stereocenters. The van der Waals surface area contributed by atoms with E-state index >= 15 is 0 Å². The Balaban J connectivity index is 2.50. The molecule has 0 spiro atoms. The van der Waals surface area contributed by atoms with Crippen molar-refractivity contribution in [1.82, 2.24) is 5.32 Å². The molecule has 92 valence electrons. The first kappa shape index (κ1) is 13.0. The minimum absolute atomic E-state index is 0.115. The van der Waals surface area contributed by atoms with Crippen molar-refractivity contribution in [2.45, 2.75) is 45.3 Å². The average Bonchev–Trinajstić information content (AvgIpc) is 2.63. The van der Waals surface area contributed by atoms with Crippen LogP contribution in [0, 0.1) is 5.92 Å². The maximum Gasteiger partial charge on any atom is 0.326 e. The van der Waals surface area contributed by atoms with E-state index in [1.54, 1.807) is 0 Å². The van der Waals surface area contributed by atoms with Crippen molar-refractivity contribution in [3.63, 3.8) is 0 Å². The molecule has 2 N–H and O–H groups in total. The lowest BCUT2D eigenvalue weighted by Crippen LogP contribution is -2.44. The highest BCUT2D eigenvalue weighted by Gasteiger charge is 2.32. The Morgan fingerprint density at radius 3 is 2.69 bits per heavy atom. The van der Waals surface area contributed by atoms with Crippen molar-refractivity contribution in [2.24, 2.45) is 5.92 Å². The fraction of sp³-hybridized carbons (Fsp3) is 0.818. The van der Waals surface area contributed by atoms with Gasteiger partial charge in [-0.15, -0.1) is 0 Å². The minimum atomic E-state index is -0.971. The third kappa shape index (κ3) is 3.20. The highest BCUT2D eigenvalue weighted by Crippen LogP contribution is 2.20. The van der Waals surface area contributed by atoms with Crippen molar-refractivity contribution in [1.29, 1.82) is 0 Å². The van der Waals surface area contributed by atoms with Crippen LogP contribution in [0.25, 0.3) is 0 Å². The van der Waals surface area contributed by atoms with Gasteiger partial charge in [0, 0.05) is 6.61 Å². The molecule has 1 amide bonds. The normalized spacial score (nSPS) is 26.4. The summed E-state index contributed by atoms with van der Waals surface area (Å²) >= 11 is 0. The van der Waals surface area contributed by atoms with Crippen molar-refractivity contribution in [3.8, 4) is 0 Å². The van der Waals surface area contributed by atoms with Gasteiger partial charge in [0.2, 0.25) is 5.91 Å². The Labute approximate surface area is 95.2 Å². The molecule has 0 aromatic rings. The van der Waals surface area contributed by atoms with Gasteiger partial charge in [0.1, 0.15) is 6.04 Å². The summed E-state index contributed by atoms with van der Waals surface area (Å²) in [5.74, 6) is -1.38. The van der Waals surface area contributed by atoms with Gasteiger partial charge in [-0.3, -0.25) is 4.79 Å². The maximum atomic E-state index is 11.8. The van der Waals surface area contributed by atoms with Gasteiger partial charge in [0.15, 0.2) is 0 Å². The Kier molecular flexibility index (Phi) is 4.73. The van der Waals surface area contributed by atoms with Crippen LogP contribution < -0.4 is 5.32 Å². The molecule has 0 saturated carbocycles. The van der Waals surface area contributed by atoms with Crippen LogP contribution in [0.4, 0.5) is 0 Å². The highest BCUT2D eigenvalue weighted by atomic mass is 16.5. The van der Waals surface area contributed by atoms with E-state index in [-0.39, 0.29) is 17.9 Å². The van der Waals surface area contributed by atoms with Crippen molar-refractivity contribution >= 4 is 11.9 Å². The molecule has 0 radical (unpaired) electrons. The number of carboxylic acid groups (broad SMARTS) is 1. The standard InChI is InChI=1S/C11H19NO4/c1-3-4-9(11(14)15)12-10(13)8-5-6-16-7(8)2/h7-9H,3-6H2,1-2H3,(H,12,13)(H,14,15)/t7?,8?,9-/m0/s1. The van der Waals surface area contributed by atoms with E-state index in [0.717, 1.165) is 6.42 Å². The molecule has 3 atom stereocenters. The van der Waals surface area contributed by atoms with Gasteiger partial charge in [-0.2, -0.15) is 0 Å². The van der Waals surface area contributed by atoms with E-state index in [4.69, 9.17) is 9.84 Å². The van der Waals surface area contributed by atoms with E-state index in [9.17, 15) is 9.59 Å². The second-order valence-electron chi connectivity index (χ2n) is 4.16. The molecule has 1 heterocycles. The number of carboxylic acids is 1. The zero-order chi connectivity index (χ0) is 12.1. The van der Waals surface area contributed by atoms with Gasteiger partial charge in [-0.05, 0) is 19.8 Å². The quantitative estimate of drug-likeness (QED) is 0.730. The van der Waals surface area contributed by atoms with Crippen molar-refractivity contribution in [3.05, 3.63) is 0 Å². The zero-order valence-electron chi connectivity index (χ0n) is 9.73. The number of ether oxygens (including phenoxy) is 1. The topological polar surface area (TPSA) is 75.6 Å². The minimum Gasteiger partial charge on any atom is -0.480 e. The second kappa shape index (κ2) is 5.84. The molecule has 0 bridgehead atoms. The number of carbonyl (C=O) groups excluding carboxylic acids is 1. The first-order valence-corrected chi connectivity index (χ1v) is 5.71. The van der Waals surface area contributed by atoms with Gasteiger partial charge < -0.3 is 15.2 Å². The number of nitrogens with one attached hydrogen (secondary N) is 1. The highest BCUT2D eigenvalue weighted by molar-refractivity contribution is 5.85. The Bertz CT molecular complexity index is 267. The molecule has 1 aliphatic heterocycles. The summed E-state index contributed by atoms with van der Waals surface area (Å²) in [4.78, 5) is 22.7. The summed E-state index contributed by atoms with van der Waals surface area (Å²) in [5, 5.41) is 11.5. The molecular formula is C11H19NO4. The monoisotopic (exact) mass is 229 g/mol. The molecule has 5 heteroatoms. The van der Waals surface area contributed by atoms with Crippen LogP contribution in [0.3, 0.4) is 0 Å². The van der Waals surface area contributed by atoms with E-state index in [2.05, 4.69) is 5.32 Å². The Hall–Kier alpha value is -1.10.